The molecular weight excluding hydrogens is 304 g/mol. The molecule has 0 N–H and O–H groups in total. The van der Waals surface area contributed by atoms with Gasteiger partial charge < -0.3 is 9.26 Å². The first kappa shape index (κ1) is 16.4. The molecule has 0 bridgehead atoms. The van der Waals surface area contributed by atoms with Crippen molar-refractivity contribution < 1.29 is 26.5 Å². The summed E-state index contributed by atoms with van der Waals surface area (Å²) in [4.78, 5) is 0. The summed E-state index contributed by atoms with van der Waals surface area (Å²) in [5.41, 5.74) is -0.0198. The maximum absolute atomic E-state index is 13.2. The van der Waals surface area contributed by atoms with Crippen molar-refractivity contribution in [2.75, 3.05) is 12.9 Å². The van der Waals surface area contributed by atoms with Gasteiger partial charge in [0.25, 0.3) is 0 Å². The van der Waals surface area contributed by atoms with Crippen LogP contribution in [0.15, 0.2) is 10.8 Å². The van der Waals surface area contributed by atoms with E-state index in [2.05, 4.69) is 5.16 Å². The molecule has 1 aromatic heterocycles. The molecule has 5 nitrogen and oxygen atoms in total. The summed E-state index contributed by atoms with van der Waals surface area (Å²) in [6.07, 6.45) is 0.684. The molecule has 1 heterocycles. The van der Waals surface area contributed by atoms with E-state index in [1.807, 2.05) is 0 Å². The summed E-state index contributed by atoms with van der Waals surface area (Å²) in [5.74, 6) is -3.21. The van der Waals surface area contributed by atoms with Crippen LogP contribution < -0.4 is 0 Å². The van der Waals surface area contributed by atoms with Crippen molar-refractivity contribution in [2.45, 2.75) is 49.9 Å². The maximum atomic E-state index is 13.2. The minimum atomic E-state index is -3.50. The van der Waals surface area contributed by atoms with Crippen LogP contribution in [-0.4, -0.2) is 38.0 Å². The zero-order valence-corrected chi connectivity index (χ0v) is 12.9. The Bertz CT molecular complexity index is 587. The number of methoxy groups -OCH3 is 1. The lowest BCUT2D eigenvalue weighted by Gasteiger charge is -2.38. The largest absolute Gasteiger partial charge is 0.377 e. The van der Waals surface area contributed by atoms with Crippen molar-refractivity contribution >= 4 is 9.84 Å². The Morgan fingerprint density at radius 2 is 1.95 bits per heavy atom. The van der Waals surface area contributed by atoms with Crippen molar-refractivity contribution in [2.24, 2.45) is 0 Å². The molecule has 1 aliphatic rings. The van der Waals surface area contributed by atoms with E-state index < -0.39 is 21.4 Å². The van der Waals surface area contributed by atoms with Gasteiger partial charge >= 0.3 is 0 Å². The Balaban J connectivity index is 2.09. The van der Waals surface area contributed by atoms with Crippen LogP contribution in [0.3, 0.4) is 0 Å². The quantitative estimate of drug-likeness (QED) is 0.832. The number of halogens is 2. The van der Waals surface area contributed by atoms with E-state index >= 15 is 0 Å². The van der Waals surface area contributed by atoms with Gasteiger partial charge in [-0.25, -0.2) is 17.2 Å². The molecule has 21 heavy (non-hydrogen) atoms. The fourth-order valence-corrected chi connectivity index (χ4v) is 4.68. The van der Waals surface area contributed by atoms with Gasteiger partial charge in [0, 0.05) is 25.5 Å². The first-order chi connectivity index (χ1) is 9.67. The standard InChI is InChI=1S/C13H19F2NO4S/c1-10-11(7-20-16-10)8-21(17,18)9-12(19-2)3-5-13(14,15)6-4-12/h7H,3-6,8-9H2,1-2H3. The van der Waals surface area contributed by atoms with Crippen molar-refractivity contribution in [3.8, 4) is 0 Å². The fraction of sp³-hybridized carbons (Fsp3) is 0.769. The van der Waals surface area contributed by atoms with E-state index in [1.54, 1.807) is 6.92 Å². The number of hydrogen-bond acceptors (Lipinski definition) is 5. The van der Waals surface area contributed by atoms with Gasteiger partial charge in [-0.2, -0.15) is 0 Å². The van der Waals surface area contributed by atoms with E-state index in [1.165, 1.54) is 13.4 Å². The Hall–Kier alpha value is -1.02. The second-order valence-electron chi connectivity index (χ2n) is 5.70. The molecule has 1 saturated carbocycles. The number of hydrogen-bond donors (Lipinski definition) is 0. The third-order valence-electron chi connectivity index (χ3n) is 4.03. The van der Waals surface area contributed by atoms with Gasteiger partial charge in [0.1, 0.15) is 6.26 Å². The van der Waals surface area contributed by atoms with E-state index in [0.717, 1.165) is 0 Å². The van der Waals surface area contributed by atoms with Crippen LogP contribution in [-0.2, 0) is 20.3 Å². The molecule has 8 heteroatoms. The SMILES string of the molecule is COC1(CS(=O)(=O)Cc2conc2C)CCC(F)(F)CC1. The average molecular weight is 323 g/mol. The highest BCUT2D eigenvalue weighted by Crippen LogP contribution is 2.41. The Kier molecular flexibility index (Phi) is 4.39. The summed E-state index contributed by atoms with van der Waals surface area (Å²) in [7, 11) is -2.13. The van der Waals surface area contributed by atoms with Crippen molar-refractivity contribution in [1.82, 2.24) is 5.16 Å². The van der Waals surface area contributed by atoms with Crippen LogP contribution in [0.4, 0.5) is 8.78 Å². The Labute approximate surface area is 122 Å². The third kappa shape index (κ3) is 4.00. The van der Waals surface area contributed by atoms with E-state index in [0.29, 0.717) is 11.3 Å². The van der Waals surface area contributed by atoms with Gasteiger partial charge in [-0.15, -0.1) is 0 Å². The third-order valence-corrected chi connectivity index (χ3v) is 5.75. The number of aromatic nitrogens is 1. The van der Waals surface area contributed by atoms with Crippen LogP contribution >= 0.6 is 0 Å². The predicted octanol–water partition coefficient (Wildman–Crippen LogP) is 2.49. The molecule has 0 unspecified atom stereocenters. The van der Waals surface area contributed by atoms with Crippen LogP contribution in [0.1, 0.15) is 36.9 Å². The number of ether oxygens (including phenoxy) is 1. The van der Waals surface area contributed by atoms with Gasteiger partial charge in [-0.05, 0) is 19.8 Å². The highest BCUT2D eigenvalue weighted by molar-refractivity contribution is 7.90. The normalized spacial score (nSPS) is 21.3. The molecule has 120 valence electrons. The van der Waals surface area contributed by atoms with Gasteiger partial charge in [0.2, 0.25) is 5.92 Å². The average Bonchev–Trinajstić information content (AvgIpc) is 2.77. The number of rotatable bonds is 5. The lowest BCUT2D eigenvalue weighted by molar-refractivity contribution is -0.109. The molecular formula is C13H19F2NO4S. The molecule has 1 aliphatic carbocycles. The van der Waals surface area contributed by atoms with Crippen LogP contribution in [0, 0.1) is 6.92 Å². The summed E-state index contributed by atoms with van der Waals surface area (Å²) in [6.45, 7) is 1.65. The first-order valence-electron chi connectivity index (χ1n) is 6.70. The first-order valence-corrected chi connectivity index (χ1v) is 8.52. The van der Waals surface area contributed by atoms with Crippen molar-refractivity contribution in [3.63, 3.8) is 0 Å². The van der Waals surface area contributed by atoms with Crippen LogP contribution in [0.25, 0.3) is 0 Å². The Morgan fingerprint density at radius 3 is 2.43 bits per heavy atom. The second kappa shape index (κ2) is 5.64. The van der Waals surface area contributed by atoms with Crippen molar-refractivity contribution in [1.29, 1.82) is 0 Å². The molecule has 1 fully saturated rings. The number of nitrogens with zero attached hydrogens (tertiary/aromatic N) is 1. The minimum absolute atomic E-state index is 0.0400. The minimum Gasteiger partial charge on any atom is -0.377 e. The number of aryl methyl sites for hydroxylation is 1. The molecule has 0 aromatic carbocycles. The molecule has 0 radical (unpaired) electrons. The molecule has 1 aromatic rings. The number of alkyl halides is 2. The van der Waals surface area contributed by atoms with Crippen LogP contribution in [0.2, 0.25) is 0 Å². The smallest absolute Gasteiger partial charge is 0.248 e. The molecule has 0 atom stereocenters. The highest BCUT2D eigenvalue weighted by atomic mass is 32.2. The topological polar surface area (TPSA) is 69.4 Å². The number of sulfone groups is 1. The summed E-state index contributed by atoms with van der Waals surface area (Å²) in [6, 6.07) is 0. The van der Waals surface area contributed by atoms with E-state index in [-0.39, 0.29) is 37.2 Å². The van der Waals surface area contributed by atoms with Gasteiger partial charge in [0.15, 0.2) is 9.84 Å². The van der Waals surface area contributed by atoms with E-state index in [9.17, 15) is 17.2 Å². The summed E-state index contributed by atoms with van der Waals surface area (Å²) >= 11 is 0. The monoisotopic (exact) mass is 323 g/mol. The summed E-state index contributed by atoms with van der Waals surface area (Å²) < 4.78 is 61.1. The lowest BCUT2D eigenvalue weighted by Crippen LogP contribution is -2.45. The fourth-order valence-electron chi connectivity index (χ4n) is 2.62. The summed E-state index contributed by atoms with van der Waals surface area (Å²) in [5, 5.41) is 3.63. The Morgan fingerprint density at radius 1 is 1.33 bits per heavy atom. The molecule has 0 saturated heterocycles. The predicted molar refractivity (Wildman–Crippen MR) is 71.9 cm³/mol. The lowest BCUT2D eigenvalue weighted by atomic mass is 9.84. The van der Waals surface area contributed by atoms with Crippen LogP contribution in [0.5, 0.6) is 0 Å². The maximum Gasteiger partial charge on any atom is 0.248 e. The van der Waals surface area contributed by atoms with Gasteiger partial charge in [-0.1, -0.05) is 5.16 Å². The zero-order valence-electron chi connectivity index (χ0n) is 12.1. The van der Waals surface area contributed by atoms with Gasteiger partial charge in [0.05, 0.1) is 22.8 Å². The molecule has 2 rings (SSSR count). The van der Waals surface area contributed by atoms with Gasteiger partial charge in [-0.3, -0.25) is 0 Å². The zero-order chi connectivity index (χ0) is 15.7. The molecule has 0 amide bonds. The van der Waals surface area contributed by atoms with E-state index in [4.69, 9.17) is 9.26 Å². The van der Waals surface area contributed by atoms with Crippen molar-refractivity contribution in [3.05, 3.63) is 17.5 Å². The second-order valence-corrected chi connectivity index (χ2v) is 7.77. The highest BCUT2D eigenvalue weighted by Gasteiger charge is 2.45. The molecule has 0 aliphatic heterocycles. The molecule has 0 spiro atoms.